The van der Waals surface area contributed by atoms with Crippen molar-refractivity contribution in [2.75, 3.05) is 34.0 Å². The maximum Gasteiger partial charge on any atom is 0.223 e. The van der Waals surface area contributed by atoms with E-state index in [-0.39, 0.29) is 24.3 Å². The number of carbonyl (C=O) groups is 1. The van der Waals surface area contributed by atoms with Crippen molar-refractivity contribution in [1.29, 1.82) is 0 Å². The molecule has 0 radical (unpaired) electrons. The summed E-state index contributed by atoms with van der Waals surface area (Å²) in [4.78, 5) is 13.0. The van der Waals surface area contributed by atoms with Crippen LogP contribution in [0.15, 0.2) is 18.2 Å². The van der Waals surface area contributed by atoms with Gasteiger partial charge in [-0.2, -0.15) is 0 Å². The molecule has 4 atom stereocenters. The first-order chi connectivity index (χ1) is 18.3. The van der Waals surface area contributed by atoms with Crippen LogP contribution < -0.4 is 20.5 Å². The van der Waals surface area contributed by atoms with E-state index in [4.69, 9.17) is 19.9 Å². The van der Waals surface area contributed by atoms with Crippen molar-refractivity contribution in [3.63, 3.8) is 0 Å². The fourth-order valence-corrected chi connectivity index (χ4v) is 5.60. The number of benzene rings is 1. The van der Waals surface area contributed by atoms with Gasteiger partial charge in [-0.3, -0.25) is 4.79 Å². The average Bonchev–Trinajstić information content (AvgIpc) is 3.44. The SMILES string of the molecule is CCCCC(C(=O)NC[C@H](O)[C@@H](N)C[C@H](Cc1ccc(OC)c(OCCCOC)c1)C(C)C)C1CCCC1. The fraction of sp³-hybridized carbons (Fsp3) is 0.774. The van der Waals surface area contributed by atoms with Gasteiger partial charge in [0, 0.05) is 38.6 Å². The third kappa shape index (κ3) is 10.7. The first kappa shape index (κ1) is 32.4. The molecule has 0 aliphatic heterocycles. The summed E-state index contributed by atoms with van der Waals surface area (Å²) in [6.07, 6.45) is 9.36. The monoisotopic (exact) mass is 534 g/mol. The molecule has 7 nitrogen and oxygen atoms in total. The maximum atomic E-state index is 13.0. The molecule has 1 amide bonds. The number of nitrogens with one attached hydrogen (secondary N) is 1. The predicted molar refractivity (Wildman–Crippen MR) is 154 cm³/mol. The van der Waals surface area contributed by atoms with Gasteiger partial charge in [0.2, 0.25) is 5.91 Å². The molecule has 1 aromatic rings. The molecule has 0 spiro atoms. The lowest BCUT2D eigenvalue weighted by molar-refractivity contribution is -0.127. The van der Waals surface area contributed by atoms with Crippen molar-refractivity contribution in [3.8, 4) is 11.5 Å². The molecule has 0 aromatic heterocycles. The number of amides is 1. The second-order valence-corrected chi connectivity index (χ2v) is 11.4. The van der Waals surface area contributed by atoms with Crippen molar-refractivity contribution < 1.29 is 24.1 Å². The van der Waals surface area contributed by atoms with E-state index >= 15 is 0 Å². The highest BCUT2D eigenvalue weighted by molar-refractivity contribution is 5.79. The molecule has 1 fully saturated rings. The van der Waals surface area contributed by atoms with Crippen molar-refractivity contribution in [3.05, 3.63) is 23.8 Å². The van der Waals surface area contributed by atoms with Crippen LogP contribution in [0.25, 0.3) is 0 Å². The molecule has 0 bridgehead atoms. The minimum absolute atomic E-state index is 0.0604. The lowest BCUT2D eigenvalue weighted by Crippen LogP contribution is -2.46. The molecule has 0 saturated heterocycles. The number of carbonyl (C=O) groups excluding carboxylic acids is 1. The Morgan fingerprint density at radius 1 is 1.13 bits per heavy atom. The maximum absolute atomic E-state index is 13.0. The number of hydrogen-bond acceptors (Lipinski definition) is 6. The Kier molecular flexibility index (Phi) is 15.1. The van der Waals surface area contributed by atoms with Crippen LogP contribution in [0.1, 0.15) is 84.1 Å². The summed E-state index contributed by atoms with van der Waals surface area (Å²) >= 11 is 0. The van der Waals surface area contributed by atoms with E-state index in [1.807, 2.05) is 12.1 Å². The Hall–Kier alpha value is -1.83. The van der Waals surface area contributed by atoms with Crippen LogP contribution >= 0.6 is 0 Å². The van der Waals surface area contributed by atoms with Gasteiger partial charge >= 0.3 is 0 Å². The lowest BCUT2D eigenvalue weighted by Gasteiger charge is -2.28. The summed E-state index contributed by atoms with van der Waals surface area (Å²) in [6.45, 7) is 7.97. The van der Waals surface area contributed by atoms with Crippen LogP contribution in [0.5, 0.6) is 11.5 Å². The van der Waals surface area contributed by atoms with E-state index in [1.54, 1.807) is 14.2 Å². The molecule has 2 rings (SSSR count). The molecule has 1 aromatic carbocycles. The van der Waals surface area contributed by atoms with Gasteiger partial charge in [-0.05, 0) is 67.6 Å². The second kappa shape index (κ2) is 17.7. The number of ether oxygens (including phenoxy) is 3. The number of aliphatic hydroxyl groups is 1. The Balaban J connectivity index is 1.94. The summed E-state index contributed by atoms with van der Waals surface area (Å²) in [7, 11) is 3.33. The van der Waals surface area contributed by atoms with E-state index in [2.05, 4.69) is 32.2 Å². The first-order valence-electron chi connectivity index (χ1n) is 14.8. The van der Waals surface area contributed by atoms with E-state index in [1.165, 1.54) is 12.8 Å². The lowest BCUT2D eigenvalue weighted by atomic mass is 9.83. The standard InChI is InChI=1S/C31H54N2O5/c1-6-7-13-26(24-11-8-9-12-24)31(35)33-21-28(34)27(32)20-25(22(2)3)18-23-14-15-29(37-5)30(19-23)38-17-10-16-36-4/h14-15,19,22,24-28,34H,6-13,16-18,20-21,32H2,1-5H3,(H,33,35)/t25-,26?,27-,28-/m0/s1. The molecule has 1 aliphatic rings. The topological polar surface area (TPSA) is 103 Å². The highest BCUT2D eigenvalue weighted by Crippen LogP contribution is 2.34. The first-order valence-corrected chi connectivity index (χ1v) is 14.8. The van der Waals surface area contributed by atoms with Crippen LogP contribution in [-0.4, -0.2) is 57.1 Å². The Morgan fingerprint density at radius 3 is 2.50 bits per heavy atom. The van der Waals surface area contributed by atoms with Gasteiger partial charge in [0.25, 0.3) is 0 Å². The van der Waals surface area contributed by atoms with Crippen molar-refractivity contribution in [2.24, 2.45) is 29.4 Å². The van der Waals surface area contributed by atoms with E-state index in [0.717, 1.165) is 56.3 Å². The Bertz CT molecular complexity index is 796. The van der Waals surface area contributed by atoms with Gasteiger partial charge in [0.15, 0.2) is 11.5 Å². The molecule has 1 saturated carbocycles. The minimum Gasteiger partial charge on any atom is -0.493 e. The summed E-state index contributed by atoms with van der Waals surface area (Å²) in [5.74, 6) is 2.74. The molecule has 4 N–H and O–H groups in total. The average molecular weight is 535 g/mol. The van der Waals surface area contributed by atoms with E-state index in [9.17, 15) is 9.90 Å². The van der Waals surface area contributed by atoms with Crippen LogP contribution in [0.3, 0.4) is 0 Å². The number of rotatable bonds is 19. The molecule has 38 heavy (non-hydrogen) atoms. The van der Waals surface area contributed by atoms with Crippen LogP contribution in [0.4, 0.5) is 0 Å². The molecule has 0 heterocycles. The summed E-state index contributed by atoms with van der Waals surface area (Å²) in [5, 5.41) is 13.9. The summed E-state index contributed by atoms with van der Waals surface area (Å²) in [6, 6.07) is 5.65. The van der Waals surface area contributed by atoms with E-state index in [0.29, 0.717) is 37.2 Å². The molecule has 7 heteroatoms. The third-order valence-electron chi connectivity index (χ3n) is 8.15. The molecular weight excluding hydrogens is 480 g/mol. The summed E-state index contributed by atoms with van der Waals surface area (Å²) in [5.41, 5.74) is 7.64. The smallest absolute Gasteiger partial charge is 0.223 e. The zero-order valence-corrected chi connectivity index (χ0v) is 24.5. The minimum atomic E-state index is -0.772. The van der Waals surface area contributed by atoms with Crippen LogP contribution in [-0.2, 0) is 16.0 Å². The zero-order chi connectivity index (χ0) is 27.9. The Labute approximate surface area is 231 Å². The molecule has 1 unspecified atom stereocenters. The second-order valence-electron chi connectivity index (χ2n) is 11.4. The number of aliphatic hydroxyl groups excluding tert-OH is 1. The number of hydrogen-bond donors (Lipinski definition) is 3. The van der Waals surface area contributed by atoms with Gasteiger partial charge in [0.05, 0.1) is 19.8 Å². The number of nitrogens with two attached hydrogens (primary N) is 1. The van der Waals surface area contributed by atoms with Gasteiger partial charge in [-0.1, -0.05) is 52.5 Å². The van der Waals surface area contributed by atoms with Gasteiger partial charge < -0.3 is 30.4 Å². The normalized spacial score (nSPS) is 17.3. The van der Waals surface area contributed by atoms with Gasteiger partial charge in [-0.15, -0.1) is 0 Å². The van der Waals surface area contributed by atoms with Crippen molar-refractivity contribution in [2.45, 2.75) is 97.1 Å². The molecular formula is C31H54N2O5. The highest BCUT2D eigenvalue weighted by atomic mass is 16.5. The number of unbranched alkanes of at least 4 members (excludes halogenated alkanes) is 1. The van der Waals surface area contributed by atoms with Gasteiger partial charge in [-0.25, -0.2) is 0 Å². The fourth-order valence-electron chi connectivity index (χ4n) is 5.60. The van der Waals surface area contributed by atoms with Crippen molar-refractivity contribution in [1.82, 2.24) is 5.32 Å². The van der Waals surface area contributed by atoms with Crippen LogP contribution in [0.2, 0.25) is 0 Å². The molecule has 1 aliphatic carbocycles. The quantitative estimate of drug-likeness (QED) is 0.213. The van der Waals surface area contributed by atoms with Gasteiger partial charge in [0.1, 0.15) is 0 Å². The largest absolute Gasteiger partial charge is 0.493 e. The highest BCUT2D eigenvalue weighted by Gasteiger charge is 2.31. The zero-order valence-electron chi connectivity index (χ0n) is 24.5. The summed E-state index contributed by atoms with van der Waals surface area (Å²) < 4.78 is 16.5. The van der Waals surface area contributed by atoms with E-state index < -0.39 is 12.1 Å². The number of methoxy groups -OCH3 is 2. The third-order valence-corrected chi connectivity index (χ3v) is 8.15. The Morgan fingerprint density at radius 2 is 1.87 bits per heavy atom. The van der Waals surface area contributed by atoms with Crippen LogP contribution in [0, 0.1) is 23.7 Å². The molecule has 218 valence electrons. The predicted octanol–water partition coefficient (Wildman–Crippen LogP) is 5.12. The van der Waals surface area contributed by atoms with Crippen molar-refractivity contribution >= 4 is 5.91 Å².